The van der Waals surface area contributed by atoms with E-state index in [0.717, 1.165) is 37.6 Å². The molecule has 0 N–H and O–H groups in total. The van der Waals surface area contributed by atoms with Gasteiger partial charge in [-0.1, -0.05) is 11.6 Å². The number of hydrogen-bond acceptors (Lipinski definition) is 6. The van der Waals surface area contributed by atoms with E-state index >= 15 is 0 Å². The highest BCUT2D eigenvalue weighted by molar-refractivity contribution is 7.99. The molecule has 8 heteroatoms. The van der Waals surface area contributed by atoms with E-state index in [0.29, 0.717) is 18.0 Å². The number of sulfonamides is 1. The van der Waals surface area contributed by atoms with Crippen LogP contribution in [0.5, 0.6) is 0 Å². The molecule has 136 valence electrons. The van der Waals surface area contributed by atoms with Crippen LogP contribution in [0.25, 0.3) is 0 Å². The topological polar surface area (TPSA) is 66.7 Å². The average Bonchev–Trinajstić information content (AvgIpc) is 2.75. The van der Waals surface area contributed by atoms with Crippen molar-refractivity contribution in [2.45, 2.75) is 50.5 Å². The maximum Gasteiger partial charge on any atom is 0.248 e. The first-order valence-electron chi connectivity index (χ1n) is 8.75. The lowest BCUT2D eigenvalue weighted by Crippen LogP contribution is -2.49. The molecular weight excluding hydrogens is 346 g/mol. The Hall–Kier alpha value is -0.570. The van der Waals surface area contributed by atoms with Gasteiger partial charge in [-0.05, 0) is 52.0 Å². The number of likely N-dealkylation sites (tertiary alicyclic amines) is 1. The van der Waals surface area contributed by atoms with E-state index in [1.54, 1.807) is 18.2 Å². The zero-order chi connectivity index (χ0) is 17.2. The molecule has 1 aromatic heterocycles. The van der Waals surface area contributed by atoms with E-state index in [9.17, 15) is 8.42 Å². The molecule has 1 atom stereocenters. The molecule has 0 aromatic carbocycles. The molecule has 1 unspecified atom stereocenters. The van der Waals surface area contributed by atoms with Crippen molar-refractivity contribution in [1.82, 2.24) is 14.4 Å². The summed E-state index contributed by atoms with van der Waals surface area (Å²) in [5.41, 5.74) is 0.459. The third kappa shape index (κ3) is 3.81. The Bertz CT molecular complexity index is 634. The summed E-state index contributed by atoms with van der Waals surface area (Å²) in [4.78, 5) is 2.69. The maximum atomic E-state index is 13.3. The second-order valence-electron chi connectivity index (χ2n) is 6.71. The van der Waals surface area contributed by atoms with Crippen LogP contribution >= 0.6 is 11.8 Å². The maximum absolute atomic E-state index is 13.3. The normalized spacial score (nSPS) is 24.8. The summed E-state index contributed by atoms with van der Waals surface area (Å²) in [6.07, 6.45) is 4.62. The third-order valence-electron chi connectivity index (χ3n) is 4.84. The van der Waals surface area contributed by atoms with Crippen LogP contribution in [0.4, 0.5) is 0 Å². The second kappa shape index (κ2) is 7.76. The predicted molar refractivity (Wildman–Crippen MR) is 95.9 cm³/mol. The quantitative estimate of drug-likeness (QED) is 0.807. The number of thioether (sulfide) groups is 1. The van der Waals surface area contributed by atoms with Gasteiger partial charge < -0.3 is 9.42 Å². The summed E-state index contributed by atoms with van der Waals surface area (Å²) >= 11 is 1.87. The standard InChI is InChI=1S/C16H27N3O3S2/c1-13-16(14(2)22-17-13)24(20,21)19-9-6-10-23-12-15(19)11-18-7-4-3-5-8-18/h15H,3-12H2,1-2H3. The molecule has 2 aliphatic rings. The van der Waals surface area contributed by atoms with E-state index in [1.165, 1.54) is 19.3 Å². The first-order valence-corrected chi connectivity index (χ1v) is 11.3. The molecule has 0 bridgehead atoms. The van der Waals surface area contributed by atoms with Gasteiger partial charge in [0, 0.05) is 24.9 Å². The van der Waals surface area contributed by atoms with Crippen LogP contribution < -0.4 is 0 Å². The number of aryl methyl sites for hydroxylation is 2. The highest BCUT2D eigenvalue weighted by Gasteiger charge is 2.37. The Morgan fingerprint density at radius 1 is 1.17 bits per heavy atom. The van der Waals surface area contributed by atoms with Crippen molar-refractivity contribution in [2.24, 2.45) is 0 Å². The minimum absolute atomic E-state index is 0.0225. The first-order chi connectivity index (χ1) is 11.5. The lowest BCUT2D eigenvalue weighted by molar-refractivity contribution is 0.183. The van der Waals surface area contributed by atoms with Gasteiger partial charge in [-0.25, -0.2) is 8.42 Å². The van der Waals surface area contributed by atoms with Crippen molar-refractivity contribution >= 4 is 21.8 Å². The van der Waals surface area contributed by atoms with Crippen molar-refractivity contribution < 1.29 is 12.9 Å². The van der Waals surface area contributed by atoms with Crippen LogP contribution in [0.1, 0.15) is 37.1 Å². The minimum atomic E-state index is -3.57. The molecule has 3 rings (SSSR count). The lowest BCUT2D eigenvalue weighted by atomic mass is 10.1. The summed E-state index contributed by atoms with van der Waals surface area (Å²) in [5, 5.41) is 3.84. The molecule has 3 heterocycles. The van der Waals surface area contributed by atoms with E-state index in [4.69, 9.17) is 4.52 Å². The number of rotatable bonds is 4. The van der Waals surface area contributed by atoms with E-state index < -0.39 is 10.0 Å². The van der Waals surface area contributed by atoms with Gasteiger partial charge in [0.1, 0.15) is 10.6 Å². The molecule has 2 saturated heterocycles. The Kier molecular flexibility index (Phi) is 5.89. The van der Waals surface area contributed by atoms with Crippen LogP contribution in [0.3, 0.4) is 0 Å². The minimum Gasteiger partial charge on any atom is -0.360 e. The van der Waals surface area contributed by atoms with Crippen molar-refractivity contribution in [2.75, 3.05) is 37.7 Å². The lowest BCUT2D eigenvalue weighted by Gasteiger charge is -2.35. The Labute approximate surface area is 149 Å². The monoisotopic (exact) mass is 373 g/mol. The summed E-state index contributed by atoms with van der Waals surface area (Å²) in [6.45, 7) is 6.96. The van der Waals surface area contributed by atoms with Crippen LogP contribution in [0.2, 0.25) is 0 Å². The van der Waals surface area contributed by atoms with E-state index in [1.807, 2.05) is 11.8 Å². The molecule has 0 amide bonds. The molecule has 0 saturated carbocycles. The molecule has 6 nitrogen and oxygen atoms in total. The smallest absolute Gasteiger partial charge is 0.248 e. The Balaban J connectivity index is 1.86. The van der Waals surface area contributed by atoms with E-state index in [2.05, 4.69) is 10.1 Å². The third-order valence-corrected chi connectivity index (χ3v) is 8.23. The average molecular weight is 374 g/mol. The largest absolute Gasteiger partial charge is 0.360 e. The molecular formula is C16H27N3O3S2. The molecule has 24 heavy (non-hydrogen) atoms. The molecule has 0 spiro atoms. The zero-order valence-electron chi connectivity index (χ0n) is 14.5. The molecule has 2 fully saturated rings. The predicted octanol–water partition coefficient (Wildman–Crippen LogP) is 2.27. The number of piperidine rings is 1. The number of nitrogens with zero attached hydrogens (tertiary/aromatic N) is 3. The SMILES string of the molecule is Cc1noc(C)c1S(=O)(=O)N1CCCSCC1CN1CCCCC1. The highest BCUT2D eigenvalue weighted by Crippen LogP contribution is 2.29. The van der Waals surface area contributed by atoms with Gasteiger partial charge in [0.2, 0.25) is 10.0 Å². The van der Waals surface area contributed by atoms with Crippen LogP contribution in [-0.2, 0) is 10.0 Å². The zero-order valence-corrected chi connectivity index (χ0v) is 16.2. The fourth-order valence-corrected chi connectivity index (χ4v) is 6.77. The van der Waals surface area contributed by atoms with Crippen molar-refractivity contribution in [3.8, 4) is 0 Å². The molecule has 1 aromatic rings. The fourth-order valence-electron chi connectivity index (χ4n) is 3.67. The summed E-state index contributed by atoms with van der Waals surface area (Å²) < 4.78 is 33.4. The fraction of sp³-hybridized carbons (Fsp3) is 0.812. The van der Waals surface area contributed by atoms with Gasteiger partial charge in [-0.3, -0.25) is 0 Å². The molecule has 0 aliphatic carbocycles. The second-order valence-corrected chi connectivity index (χ2v) is 9.69. The Morgan fingerprint density at radius 3 is 2.58 bits per heavy atom. The summed E-state index contributed by atoms with van der Waals surface area (Å²) in [7, 11) is -3.57. The summed E-state index contributed by atoms with van der Waals surface area (Å²) in [5.74, 6) is 2.27. The van der Waals surface area contributed by atoms with Gasteiger partial charge in [0.15, 0.2) is 5.76 Å². The van der Waals surface area contributed by atoms with Gasteiger partial charge in [0.25, 0.3) is 0 Å². The van der Waals surface area contributed by atoms with Crippen LogP contribution in [-0.4, -0.2) is 66.5 Å². The van der Waals surface area contributed by atoms with Gasteiger partial charge in [0.05, 0.1) is 0 Å². The van der Waals surface area contributed by atoms with Crippen LogP contribution in [0.15, 0.2) is 9.42 Å². The van der Waals surface area contributed by atoms with Gasteiger partial charge in [-0.15, -0.1) is 0 Å². The summed E-state index contributed by atoms with van der Waals surface area (Å²) in [6, 6.07) is 0.0225. The van der Waals surface area contributed by atoms with Crippen molar-refractivity contribution in [1.29, 1.82) is 0 Å². The van der Waals surface area contributed by atoms with E-state index in [-0.39, 0.29) is 10.9 Å². The van der Waals surface area contributed by atoms with Gasteiger partial charge >= 0.3 is 0 Å². The number of hydrogen-bond donors (Lipinski definition) is 0. The molecule has 0 radical (unpaired) electrons. The van der Waals surface area contributed by atoms with Crippen molar-refractivity contribution in [3.05, 3.63) is 11.5 Å². The first kappa shape index (κ1) is 18.2. The highest BCUT2D eigenvalue weighted by atomic mass is 32.2. The molecule has 2 aliphatic heterocycles. The van der Waals surface area contributed by atoms with Gasteiger partial charge in [-0.2, -0.15) is 16.1 Å². The number of aromatic nitrogens is 1. The van der Waals surface area contributed by atoms with Crippen LogP contribution in [0, 0.1) is 13.8 Å². The van der Waals surface area contributed by atoms with Crippen molar-refractivity contribution in [3.63, 3.8) is 0 Å². The Morgan fingerprint density at radius 2 is 1.92 bits per heavy atom.